The van der Waals surface area contributed by atoms with Gasteiger partial charge in [0.15, 0.2) is 0 Å². The van der Waals surface area contributed by atoms with Crippen molar-refractivity contribution in [3.8, 4) is 0 Å². The van der Waals surface area contributed by atoms with Crippen LogP contribution in [-0.2, 0) is 4.74 Å². The summed E-state index contributed by atoms with van der Waals surface area (Å²) >= 11 is 0. The average Bonchev–Trinajstić information content (AvgIpc) is 2.10. The molecule has 2 nitrogen and oxygen atoms in total. The monoisotopic (exact) mass is 185 g/mol. The molecule has 0 saturated heterocycles. The fraction of sp³-hybridized carbons (Fsp3) is 1.00. The Morgan fingerprint density at radius 2 is 2.15 bits per heavy atom. The molecule has 0 aromatic rings. The normalized spacial score (nSPS) is 31.4. The van der Waals surface area contributed by atoms with Gasteiger partial charge in [0.1, 0.15) is 0 Å². The molecule has 0 heterocycles. The Morgan fingerprint density at radius 1 is 1.46 bits per heavy atom. The van der Waals surface area contributed by atoms with Crippen LogP contribution >= 0.6 is 0 Å². The zero-order chi connectivity index (χ0) is 9.90. The summed E-state index contributed by atoms with van der Waals surface area (Å²) < 4.78 is 5.40. The van der Waals surface area contributed by atoms with Crippen LogP contribution in [-0.4, -0.2) is 25.8 Å². The molecule has 2 atom stereocenters. The van der Waals surface area contributed by atoms with E-state index in [1.165, 1.54) is 19.3 Å². The molecule has 78 valence electrons. The molecule has 0 bridgehead atoms. The first-order chi connectivity index (χ1) is 6.12. The molecule has 1 aliphatic rings. The Labute approximate surface area is 82.0 Å². The Bertz CT molecular complexity index is 156. The molecule has 13 heavy (non-hydrogen) atoms. The van der Waals surface area contributed by atoms with Crippen molar-refractivity contribution >= 4 is 0 Å². The van der Waals surface area contributed by atoms with Gasteiger partial charge in [0, 0.05) is 18.6 Å². The lowest BCUT2D eigenvalue weighted by Gasteiger charge is -2.51. The predicted molar refractivity (Wildman–Crippen MR) is 55.9 cm³/mol. The molecule has 2 unspecified atom stereocenters. The third kappa shape index (κ3) is 2.23. The summed E-state index contributed by atoms with van der Waals surface area (Å²) in [5, 5.41) is 3.59. The first-order valence-electron chi connectivity index (χ1n) is 5.39. The van der Waals surface area contributed by atoms with Crippen LogP contribution in [0.25, 0.3) is 0 Å². The predicted octanol–water partition coefficient (Wildman–Crippen LogP) is 2.19. The molecule has 1 rings (SSSR count). The van der Waals surface area contributed by atoms with E-state index in [2.05, 4.69) is 26.1 Å². The van der Waals surface area contributed by atoms with Crippen molar-refractivity contribution in [2.24, 2.45) is 5.41 Å². The van der Waals surface area contributed by atoms with Gasteiger partial charge in [-0.15, -0.1) is 0 Å². The lowest BCUT2D eigenvalue weighted by Crippen LogP contribution is -2.60. The summed E-state index contributed by atoms with van der Waals surface area (Å²) in [6, 6.07) is 0.656. The molecule has 1 aliphatic carbocycles. The molecule has 1 N–H and O–H groups in total. The molecule has 1 fully saturated rings. The number of hydrogen-bond acceptors (Lipinski definition) is 2. The molecule has 0 aliphatic heterocycles. The first kappa shape index (κ1) is 11.0. The van der Waals surface area contributed by atoms with Crippen molar-refractivity contribution in [1.29, 1.82) is 0 Å². The molecule has 0 spiro atoms. The zero-order valence-electron chi connectivity index (χ0n) is 9.39. The largest absolute Gasteiger partial charge is 0.381 e. The number of ether oxygens (including phenoxy) is 1. The van der Waals surface area contributed by atoms with Crippen molar-refractivity contribution in [1.82, 2.24) is 5.32 Å². The summed E-state index contributed by atoms with van der Waals surface area (Å²) in [4.78, 5) is 0. The molecule has 0 radical (unpaired) electrons. The van der Waals surface area contributed by atoms with Gasteiger partial charge in [-0.2, -0.15) is 0 Å². The van der Waals surface area contributed by atoms with E-state index >= 15 is 0 Å². The Morgan fingerprint density at radius 3 is 2.62 bits per heavy atom. The Balaban J connectivity index is 2.23. The molecular formula is C11H23NO. The van der Waals surface area contributed by atoms with Crippen molar-refractivity contribution in [3.05, 3.63) is 0 Å². The van der Waals surface area contributed by atoms with Crippen LogP contribution < -0.4 is 5.32 Å². The van der Waals surface area contributed by atoms with Crippen LogP contribution in [0.5, 0.6) is 0 Å². The van der Waals surface area contributed by atoms with Crippen molar-refractivity contribution in [2.75, 3.05) is 13.7 Å². The van der Waals surface area contributed by atoms with Gasteiger partial charge in [-0.25, -0.2) is 0 Å². The first-order valence-corrected chi connectivity index (χ1v) is 5.39. The van der Waals surface area contributed by atoms with Gasteiger partial charge in [0.25, 0.3) is 0 Å². The second kappa shape index (κ2) is 4.43. The quantitative estimate of drug-likeness (QED) is 0.663. The van der Waals surface area contributed by atoms with E-state index < -0.39 is 0 Å². The van der Waals surface area contributed by atoms with Crippen LogP contribution in [0.4, 0.5) is 0 Å². The topological polar surface area (TPSA) is 21.3 Å². The summed E-state index contributed by atoms with van der Waals surface area (Å²) in [6.07, 6.45) is 4.18. The maximum atomic E-state index is 5.40. The van der Waals surface area contributed by atoms with Gasteiger partial charge in [0.05, 0.1) is 6.10 Å². The minimum atomic E-state index is 0.322. The van der Waals surface area contributed by atoms with Crippen molar-refractivity contribution < 1.29 is 4.74 Å². The van der Waals surface area contributed by atoms with Gasteiger partial charge in [0.2, 0.25) is 0 Å². The third-order valence-corrected chi connectivity index (χ3v) is 3.38. The maximum Gasteiger partial charge on any atom is 0.0652 e. The summed E-state index contributed by atoms with van der Waals surface area (Å²) in [5.41, 5.74) is 0.322. The summed E-state index contributed by atoms with van der Waals surface area (Å²) in [7, 11) is 1.81. The minimum absolute atomic E-state index is 0.322. The van der Waals surface area contributed by atoms with Gasteiger partial charge in [-0.05, 0) is 19.4 Å². The highest BCUT2D eigenvalue weighted by Crippen LogP contribution is 2.42. The fourth-order valence-electron chi connectivity index (χ4n) is 2.08. The van der Waals surface area contributed by atoms with Crippen LogP contribution in [0.3, 0.4) is 0 Å². The lowest BCUT2D eigenvalue weighted by atomic mass is 9.64. The molecular weight excluding hydrogens is 162 g/mol. The Hall–Kier alpha value is -0.0800. The standard InChI is InChI=1S/C11H23NO/c1-5-6-7-12-9-8-10(13-4)11(9,2)3/h9-10,12H,5-8H2,1-4H3. The number of nitrogens with one attached hydrogen (secondary N) is 1. The van der Waals surface area contributed by atoms with E-state index in [1.54, 1.807) is 0 Å². The number of rotatable bonds is 5. The molecule has 2 heteroatoms. The van der Waals surface area contributed by atoms with E-state index in [0.717, 1.165) is 6.54 Å². The van der Waals surface area contributed by atoms with Gasteiger partial charge < -0.3 is 10.1 Å². The Kier molecular flexibility index (Phi) is 3.74. The number of unbranched alkanes of at least 4 members (excludes halogenated alkanes) is 1. The molecule has 0 aromatic heterocycles. The van der Waals surface area contributed by atoms with E-state index in [-0.39, 0.29) is 0 Å². The lowest BCUT2D eigenvalue weighted by molar-refractivity contribution is -0.0972. The third-order valence-electron chi connectivity index (χ3n) is 3.38. The summed E-state index contributed by atoms with van der Waals surface area (Å²) in [6.45, 7) is 7.95. The van der Waals surface area contributed by atoms with Crippen molar-refractivity contribution in [3.63, 3.8) is 0 Å². The average molecular weight is 185 g/mol. The van der Waals surface area contributed by atoms with E-state index in [9.17, 15) is 0 Å². The highest BCUT2D eigenvalue weighted by Gasteiger charge is 2.47. The smallest absolute Gasteiger partial charge is 0.0652 e. The van der Waals surface area contributed by atoms with Crippen LogP contribution in [0, 0.1) is 5.41 Å². The minimum Gasteiger partial charge on any atom is -0.381 e. The van der Waals surface area contributed by atoms with E-state index in [1.807, 2.05) is 7.11 Å². The van der Waals surface area contributed by atoms with Gasteiger partial charge in [-0.1, -0.05) is 27.2 Å². The molecule has 1 saturated carbocycles. The fourth-order valence-corrected chi connectivity index (χ4v) is 2.08. The highest BCUT2D eigenvalue weighted by molar-refractivity contribution is 5.02. The van der Waals surface area contributed by atoms with Crippen molar-refractivity contribution in [2.45, 2.75) is 52.2 Å². The molecule has 0 aromatic carbocycles. The maximum absolute atomic E-state index is 5.40. The SMILES string of the molecule is CCCCNC1CC(OC)C1(C)C. The van der Waals surface area contributed by atoms with Crippen LogP contribution in [0.1, 0.15) is 40.0 Å². The molecule has 0 amide bonds. The van der Waals surface area contributed by atoms with Crippen LogP contribution in [0.2, 0.25) is 0 Å². The second-order valence-electron chi connectivity index (χ2n) is 4.64. The van der Waals surface area contributed by atoms with E-state index in [0.29, 0.717) is 17.6 Å². The highest BCUT2D eigenvalue weighted by atomic mass is 16.5. The zero-order valence-corrected chi connectivity index (χ0v) is 9.39. The summed E-state index contributed by atoms with van der Waals surface area (Å²) in [5.74, 6) is 0. The van der Waals surface area contributed by atoms with Gasteiger partial charge >= 0.3 is 0 Å². The van der Waals surface area contributed by atoms with Gasteiger partial charge in [-0.3, -0.25) is 0 Å². The number of hydrogen-bond donors (Lipinski definition) is 1. The number of methoxy groups -OCH3 is 1. The van der Waals surface area contributed by atoms with E-state index in [4.69, 9.17) is 4.74 Å². The second-order valence-corrected chi connectivity index (χ2v) is 4.64. The van der Waals surface area contributed by atoms with Crippen LogP contribution in [0.15, 0.2) is 0 Å².